The number of hydrogen-bond donors (Lipinski definition) is 1. The number of fused-ring (bicyclic) bond motifs is 1. The first-order valence-electron chi connectivity index (χ1n) is 5.62. The number of thiophene rings is 1. The second kappa shape index (κ2) is 3.84. The van der Waals surface area contributed by atoms with Crippen molar-refractivity contribution in [1.29, 1.82) is 5.26 Å². The minimum atomic E-state index is -4.49. The molecule has 2 heterocycles. The summed E-state index contributed by atoms with van der Waals surface area (Å²) in [6.45, 7) is 0. The molecule has 0 unspecified atom stereocenters. The summed E-state index contributed by atoms with van der Waals surface area (Å²) in [5, 5.41) is 8.74. The molecule has 1 fully saturated rings. The molecule has 2 N–H and O–H groups in total. The van der Waals surface area contributed by atoms with Crippen LogP contribution in [0.5, 0.6) is 0 Å². The third kappa shape index (κ3) is 1.92. The second-order valence-corrected chi connectivity index (χ2v) is 5.50. The van der Waals surface area contributed by atoms with E-state index in [-0.39, 0.29) is 26.7 Å². The van der Waals surface area contributed by atoms with Crippen molar-refractivity contribution in [2.45, 2.75) is 24.9 Å². The van der Waals surface area contributed by atoms with Gasteiger partial charge < -0.3 is 5.73 Å². The maximum Gasteiger partial charge on any atom is 0.417 e. The Morgan fingerprint density at radius 2 is 2.11 bits per heavy atom. The Kier molecular flexibility index (Phi) is 2.47. The molecular weight excluding hydrogens is 275 g/mol. The van der Waals surface area contributed by atoms with Crippen molar-refractivity contribution in [3.05, 3.63) is 22.2 Å². The number of pyridine rings is 1. The number of nitrogen functional groups attached to an aromatic ring is 1. The third-order valence-corrected chi connectivity index (χ3v) is 4.13. The lowest BCUT2D eigenvalue weighted by Crippen LogP contribution is -2.08. The average molecular weight is 283 g/mol. The van der Waals surface area contributed by atoms with Gasteiger partial charge in [-0.3, -0.25) is 0 Å². The van der Waals surface area contributed by atoms with Crippen molar-refractivity contribution in [1.82, 2.24) is 4.98 Å². The Morgan fingerprint density at radius 1 is 1.42 bits per heavy atom. The molecule has 7 heteroatoms. The van der Waals surface area contributed by atoms with Gasteiger partial charge in [0.2, 0.25) is 0 Å². The highest BCUT2D eigenvalue weighted by Crippen LogP contribution is 2.46. The van der Waals surface area contributed by atoms with Gasteiger partial charge in [0.05, 0.1) is 11.3 Å². The van der Waals surface area contributed by atoms with Gasteiger partial charge in [-0.2, -0.15) is 18.4 Å². The summed E-state index contributed by atoms with van der Waals surface area (Å²) in [6, 6.07) is 2.89. The number of halogens is 3. The molecule has 0 amide bonds. The third-order valence-electron chi connectivity index (χ3n) is 3.12. The fraction of sp³-hybridized carbons (Fsp3) is 0.333. The molecule has 0 aromatic carbocycles. The molecule has 0 bridgehead atoms. The van der Waals surface area contributed by atoms with E-state index >= 15 is 0 Å². The number of nitrogens with two attached hydrogens (primary N) is 1. The molecule has 0 spiro atoms. The summed E-state index contributed by atoms with van der Waals surface area (Å²) in [5.41, 5.74) is 5.18. The summed E-state index contributed by atoms with van der Waals surface area (Å²) in [4.78, 5) is 4.51. The first kappa shape index (κ1) is 12.2. The Balaban J connectivity index is 2.36. The fourth-order valence-corrected chi connectivity index (χ4v) is 2.96. The second-order valence-electron chi connectivity index (χ2n) is 4.50. The van der Waals surface area contributed by atoms with E-state index in [0.717, 1.165) is 30.2 Å². The molecule has 1 aliphatic rings. The molecule has 0 radical (unpaired) electrons. The molecule has 2 aromatic rings. The normalized spacial score (nSPS) is 15.7. The zero-order chi connectivity index (χ0) is 13.8. The van der Waals surface area contributed by atoms with E-state index in [1.54, 1.807) is 0 Å². The molecule has 98 valence electrons. The Morgan fingerprint density at radius 3 is 2.63 bits per heavy atom. The van der Waals surface area contributed by atoms with Crippen LogP contribution in [0.1, 0.15) is 34.9 Å². The fourth-order valence-electron chi connectivity index (χ4n) is 2.03. The van der Waals surface area contributed by atoms with Crippen molar-refractivity contribution in [3.63, 3.8) is 0 Å². The van der Waals surface area contributed by atoms with E-state index in [4.69, 9.17) is 11.0 Å². The number of nitrogens with zero attached hydrogens (tertiary/aromatic N) is 2. The first-order valence-corrected chi connectivity index (χ1v) is 6.43. The summed E-state index contributed by atoms with van der Waals surface area (Å²) < 4.78 is 39.3. The number of rotatable bonds is 1. The summed E-state index contributed by atoms with van der Waals surface area (Å²) in [7, 11) is 0. The summed E-state index contributed by atoms with van der Waals surface area (Å²) >= 11 is 0.916. The van der Waals surface area contributed by atoms with Crippen LogP contribution in [-0.4, -0.2) is 4.98 Å². The lowest BCUT2D eigenvalue weighted by molar-refractivity contribution is -0.136. The average Bonchev–Trinajstić information content (AvgIpc) is 3.13. The summed E-state index contributed by atoms with van der Waals surface area (Å²) in [6.07, 6.45) is -2.77. The maximum absolute atomic E-state index is 13.1. The molecule has 3 rings (SSSR count). The minimum absolute atomic E-state index is 0.0842. The highest BCUT2D eigenvalue weighted by Gasteiger charge is 2.37. The van der Waals surface area contributed by atoms with E-state index in [1.165, 1.54) is 0 Å². The van der Waals surface area contributed by atoms with Crippen molar-refractivity contribution in [2.75, 3.05) is 5.73 Å². The van der Waals surface area contributed by atoms with Crippen molar-refractivity contribution < 1.29 is 13.2 Å². The highest BCUT2D eigenvalue weighted by molar-refractivity contribution is 7.19. The number of aromatic nitrogens is 1. The van der Waals surface area contributed by atoms with E-state index in [2.05, 4.69) is 4.98 Å². The molecule has 0 saturated heterocycles. The van der Waals surface area contributed by atoms with Crippen molar-refractivity contribution in [2.24, 2.45) is 0 Å². The van der Waals surface area contributed by atoms with Gasteiger partial charge >= 0.3 is 6.18 Å². The molecule has 0 atom stereocenters. The highest BCUT2D eigenvalue weighted by atomic mass is 32.1. The van der Waals surface area contributed by atoms with Gasteiger partial charge in [-0.25, -0.2) is 4.98 Å². The smallest absolute Gasteiger partial charge is 0.396 e. The van der Waals surface area contributed by atoms with Crippen LogP contribution in [-0.2, 0) is 6.18 Å². The topological polar surface area (TPSA) is 62.7 Å². The van der Waals surface area contributed by atoms with Gasteiger partial charge in [-0.05, 0) is 18.9 Å². The van der Waals surface area contributed by atoms with Gasteiger partial charge in [0.15, 0.2) is 0 Å². The van der Waals surface area contributed by atoms with Crippen LogP contribution in [0.25, 0.3) is 10.2 Å². The Bertz CT molecular complexity index is 708. The van der Waals surface area contributed by atoms with Crippen LogP contribution < -0.4 is 5.73 Å². The number of nitriles is 1. The van der Waals surface area contributed by atoms with Gasteiger partial charge in [0.25, 0.3) is 0 Å². The monoisotopic (exact) mass is 283 g/mol. The van der Waals surface area contributed by atoms with Crippen LogP contribution in [0.15, 0.2) is 6.07 Å². The molecular formula is C12H8F3N3S. The molecule has 3 nitrogen and oxygen atoms in total. The number of alkyl halides is 3. The van der Waals surface area contributed by atoms with Crippen LogP contribution in [0.4, 0.5) is 18.9 Å². The van der Waals surface area contributed by atoms with E-state index in [0.29, 0.717) is 5.69 Å². The number of hydrogen-bond acceptors (Lipinski definition) is 4. The quantitative estimate of drug-likeness (QED) is 0.869. The standard InChI is InChI=1S/C12H8F3N3S/c13-12(14,15)6-3-7(5-1-2-5)18-11-9(6)10(17)8(4-16)19-11/h3,5H,1-2,17H2. The molecule has 1 saturated carbocycles. The van der Waals surface area contributed by atoms with Gasteiger partial charge in [-0.1, -0.05) is 0 Å². The molecule has 2 aromatic heterocycles. The first-order chi connectivity index (χ1) is 8.91. The zero-order valence-corrected chi connectivity index (χ0v) is 10.4. The van der Waals surface area contributed by atoms with Gasteiger partial charge in [-0.15, -0.1) is 11.3 Å². The van der Waals surface area contributed by atoms with Gasteiger partial charge in [0.1, 0.15) is 15.8 Å². The predicted molar refractivity (Wildman–Crippen MR) is 65.7 cm³/mol. The Labute approximate surface area is 110 Å². The lowest BCUT2D eigenvalue weighted by Gasteiger charge is -2.10. The minimum Gasteiger partial charge on any atom is -0.396 e. The van der Waals surface area contributed by atoms with Crippen LogP contribution in [0.3, 0.4) is 0 Å². The van der Waals surface area contributed by atoms with Crippen LogP contribution >= 0.6 is 11.3 Å². The van der Waals surface area contributed by atoms with E-state index in [9.17, 15) is 13.2 Å². The molecule has 0 aliphatic heterocycles. The SMILES string of the molecule is N#Cc1sc2nc(C3CC3)cc(C(F)(F)F)c2c1N. The van der Waals surface area contributed by atoms with Crippen LogP contribution in [0.2, 0.25) is 0 Å². The van der Waals surface area contributed by atoms with Crippen molar-refractivity contribution >= 4 is 27.2 Å². The molecule has 19 heavy (non-hydrogen) atoms. The van der Waals surface area contributed by atoms with Crippen molar-refractivity contribution in [3.8, 4) is 6.07 Å². The zero-order valence-electron chi connectivity index (χ0n) is 9.58. The van der Waals surface area contributed by atoms with E-state index in [1.807, 2.05) is 6.07 Å². The summed E-state index contributed by atoms with van der Waals surface area (Å²) in [5.74, 6) is 0.111. The predicted octanol–water partition coefficient (Wildman–Crippen LogP) is 3.65. The van der Waals surface area contributed by atoms with Crippen LogP contribution in [0, 0.1) is 11.3 Å². The maximum atomic E-state index is 13.1. The van der Waals surface area contributed by atoms with E-state index < -0.39 is 11.7 Å². The Hall–Kier alpha value is -1.81. The largest absolute Gasteiger partial charge is 0.417 e. The molecule has 1 aliphatic carbocycles. The van der Waals surface area contributed by atoms with Gasteiger partial charge in [0, 0.05) is 17.0 Å². The number of anilines is 1. The lowest BCUT2D eigenvalue weighted by atomic mass is 10.1.